The van der Waals surface area contributed by atoms with Gasteiger partial charge in [-0.15, -0.1) is 23.1 Å². The summed E-state index contributed by atoms with van der Waals surface area (Å²) in [5, 5.41) is 6.96. The van der Waals surface area contributed by atoms with Crippen LogP contribution in [0.25, 0.3) is 10.6 Å². The van der Waals surface area contributed by atoms with E-state index in [2.05, 4.69) is 26.4 Å². The number of benzene rings is 1. The van der Waals surface area contributed by atoms with E-state index in [1.165, 1.54) is 11.3 Å². The number of nitrogens with one attached hydrogen (secondary N) is 1. The number of carbonyl (C=O) groups is 1. The maximum absolute atomic E-state index is 12.7. The van der Waals surface area contributed by atoms with E-state index in [9.17, 15) is 4.79 Å². The van der Waals surface area contributed by atoms with Crippen molar-refractivity contribution in [2.24, 2.45) is 0 Å². The number of amides is 1. The van der Waals surface area contributed by atoms with E-state index in [4.69, 9.17) is 4.52 Å². The minimum Gasteiger partial charge on any atom is -0.360 e. The Morgan fingerprint density at radius 3 is 2.87 bits per heavy atom. The zero-order valence-electron chi connectivity index (χ0n) is 12.4. The zero-order chi connectivity index (χ0) is 16.4. The SMILES string of the molecule is CSc1cccc(NC(=O)c2c(-c3ccc(Br)s3)noc2C)c1. The van der Waals surface area contributed by atoms with Crippen molar-refractivity contribution in [1.29, 1.82) is 0 Å². The third kappa shape index (κ3) is 3.52. The van der Waals surface area contributed by atoms with Gasteiger partial charge in [0.2, 0.25) is 0 Å². The predicted octanol–water partition coefficient (Wildman–Crippen LogP) is 5.45. The summed E-state index contributed by atoms with van der Waals surface area (Å²) in [6, 6.07) is 11.6. The Morgan fingerprint density at radius 2 is 2.17 bits per heavy atom. The fourth-order valence-electron chi connectivity index (χ4n) is 2.14. The molecule has 3 aromatic rings. The van der Waals surface area contributed by atoms with Crippen LogP contribution < -0.4 is 5.32 Å². The fourth-order valence-corrected chi connectivity index (χ4v) is 3.98. The molecular formula is C16H13BrN2O2S2. The lowest BCUT2D eigenvalue weighted by Crippen LogP contribution is -2.13. The molecule has 0 aliphatic heterocycles. The lowest BCUT2D eigenvalue weighted by atomic mass is 10.1. The van der Waals surface area contributed by atoms with Crippen molar-refractivity contribution in [3.63, 3.8) is 0 Å². The lowest BCUT2D eigenvalue weighted by Gasteiger charge is -2.06. The van der Waals surface area contributed by atoms with Crippen LogP contribution in [-0.4, -0.2) is 17.3 Å². The highest BCUT2D eigenvalue weighted by atomic mass is 79.9. The number of halogens is 1. The second kappa shape index (κ2) is 6.90. The molecule has 1 aromatic carbocycles. The van der Waals surface area contributed by atoms with Crippen molar-refractivity contribution in [2.45, 2.75) is 11.8 Å². The van der Waals surface area contributed by atoms with Crippen LogP contribution in [0.2, 0.25) is 0 Å². The normalized spacial score (nSPS) is 10.7. The molecule has 118 valence electrons. The number of rotatable bonds is 4. The van der Waals surface area contributed by atoms with Crippen LogP contribution in [0.15, 0.2) is 49.6 Å². The second-order valence-corrected chi connectivity index (χ2v) is 8.09. The van der Waals surface area contributed by atoms with E-state index in [1.807, 2.05) is 42.7 Å². The van der Waals surface area contributed by atoms with Crippen LogP contribution in [-0.2, 0) is 0 Å². The first-order chi connectivity index (χ1) is 11.1. The Bertz CT molecular complexity index is 857. The summed E-state index contributed by atoms with van der Waals surface area (Å²) in [4.78, 5) is 14.6. The first-order valence-electron chi connectivity index (χ1n) is 6.76. The van der Waals surface area contributed by atoms with Gasteiger partial charge in [0.1, 0.15) is 17.0 Å². The Morgan fingerprint density at radius 1 is 1.35 bits per heavy atom. The number of aryl methyl sites for hydroxylation is 1. The molecule has 0 aliphatic rings. The molecule has 2 aromatic heterocycles. The van der Waals surface area contributed by atoms with Gasteiger partial charge in [-0.25, -0.2) is 0 Å². The Labute approximate surface area is 150 Å². The molecule has 0 bridgehead atoms. The molecule has 0 fully saturated rings. The van der Waals surface area contributed by atoms with Crippen LogP contribution in [0.1, 0.15) is 16.1 Å². The molecule has 4 nitrogen and oxygen atoms in total. The molecular weight excluding hydrogens is 396 g/mol. The maximum atomic E-state index is 12.7. The average Bonchev–Trinajstić information content (AvgIpc) is 3.13. The number of thioether (sulfide) groups is 1. The number of thiophene rings is 1. The molecule has 0 radical (unpaired) electrons. The van der Waals surface area contributed by atoms with E-state index < -0.39 is 0 Å². The van der Waals surface area contributed by atoms with Gasteiger partial charge < -0.3 is 9.84 Å². The summed E-state index contributed by atoms with van der Waals surface area (Å²) < 4.78 is 6.22. The highest BCUT2D eigenvalue weighted by Crippen LogP contribution is 2.34. The first-order valence-corrected chi connectivity index (χ1v) is 9.59. The van der Waals surface area contributed by atoms with Gasteiger partial charge in [-0.2, -0.15) is 0 Å². The molecule has 23 heavy (non-hydrogen) atoms. The minimum atomic E-state index is -0.221. The molecule has 0 saturated heterocycles. The van der Waals surface area contributed by atoms with Crippen LogP contribution in [0.4, 0.5) is 5.69 Å². The zero-order valence-corrected chi connectivity index (χ0v) is 15.6. The van der Waals surface area contributed by atoms with Crippen LogP contribution >= 0.6 is 39.0 Å². The quantitative estimate of drug-likeness (QED) is 0.583. The van der Waals surface area contributed by atoms with Crippen molar-refractivity contribution in [1.82, 2.24) is 5.16 Å². The van der Waals surface area contributed by atoms with Crippen molar-refractivity contribution >= 4 is 50.6 Å². The van der Waals surface area contributed by atoms with Gasteiger partial charge in [0, 0.05) is 10.6 Å². The number of hydrogen-bond donors (Lipinski definition) is 1. The molecule has 7 heteroatoms. The Hall–Kier alpha value is -1.57. The van der Waals surface area contributed by atoms with Crippen LogP contribution in [0.3, 0.4) is 0 Å². The van der Waals surface area contributed by atoms with Crippen molar-refractivity contribution in [3.05, 3.63) is 51.5 Å². The topological polar surface area (TPSA) is 55.1 Å². The summed E-state index contributed by atoms with van der Waals surface area (Å²) in [5.41, 5.74) is 1.78. The average molecular weight is 409 g/mol. The monoisotopic (exact) mass is 408 g/mol. The third-order valence-electron chi connectivity index (χ3n) is 3.22. The third-order valence-corrected chi connectivity index (χ3v) is 5.58. The van der Waals surface area contributed by atoms with Crippen molar-refractivity contribution in [2.75, 3.05) is 11.6 Å². The van der Waals surface area contributed by atoms with Gasteiger partial charge in [-0.05, 0) is 59.4 Å². The minimum absolute atomic E-state index is 0.221. The van der Waals surface area contributed by atoms with E-state index in [0.717, 1.165) is 19.2 Å². The highest BCUT2D eigenvalue weighted by Gasteiger charge is 2.22. The molecule has 0 unspecified atom stereocenters. The molecule has 1 amide bonds. The number of aromatic nitrogens is 1. The smallest absolute Gasteiger partial charge is 0.261 e. The molecule has 3 rings (SSSR count). The molecule has 0 aliphatic carbocycles. The standard InChI is InChI=1S/C16H13BrN2O2S2/c1-9-14(15(19-21-9)12-6-7-13(17)23-12)16(20)18-10-4-3-5-11(8-10)22-2/h3-8H,1-2H3,(H,18,20). The van der Waals surface area contributed by atoms with Gasteiger partial charge in [-0.1, -0.05) is 11.2 Å². The summed E-state index contributed by atoms with van der Waals surface area (Å²) in [7, 11) is 0. The molecule has 0 saturated carbocycles. The summed E-state index contributed by atoms with van der Waals surface area (Å²) in [6.45, 7) is 1.74. The highest BCUT2D eigenvalue weighted by molar-refractivity contribution is 9.11. The predicted molar refractivity (Wildman–Crippen MR) is 98.4 cm³/mol. The summed E-state index contributed by atoms with van der Waals surface area (Å²) in [5.74, 6) is 0.282. The Kier molecular flexibility index (Phi) is 4.89. The van der Waals surface area contributed by atoms with Crippen molar-refractivity contribution in [3.8, 4) is 10.6 Å². The van der Waals surface area contributed by atoms with Crippen LogP contribution in [0.5, 0.6) is 0 Å². The summed E-state index contributed by atoms with van der Waals surface area (Å²) >= 11 is 6.56. The van der Waals surface area contributed by atoms with E-state index >= 15 is 0 Å². The number of nitrogens with zero attached hydrogens (tertiary/aromatic N) is 1. The number of anilines is 1. The molecule has 2 heterocycles. The number of carbonyl (C=O) groups excluding carboxylic acids is 1. The lowest BCUT2D eigenvalue weighted by molar-refractivity contribution is 0.102. The molecule has 0 atom stereocenters. The van der Waals surface area contributed by atoms with E-state index in [0.29, 0.717) is 17.0 Å². The van der Waals surface area contributed by atoms with Gasteiger partial charge in [-0.3, -0.25) is 4.79 Å². The van der Waals surface area contributed by atoms with E-state index in [-0.39, 0.29) is 5.91 Å². The van der Waals surface area contributed by atoms with E-state index in [1.54, 1.807) is 18.7 Å². The fraction of sp³-hybridized carbons (Fsp3) is 0.125. The van der Waals surface area contributed by atoms with Gasteiger partial charge >= 0.3 is 0 Å². The summed E-state index contributed by atoms with van der Waals surface area (Å²) in [6.07, 6.45) is 2.00. The van der Waals surface area contributed by atoms with Gasteiger partial charge in [0.05, 0.1) is 8.66 Å². The number of hydrogen-bond acceptors (Lipinski definition) is 5. The largest absolute Gasteiger partial charge is 0.360 e. The van der Waals surface area contributed by atoms with Gasteiger partial charge in [0.15, 0.2) is 0 Å². The Balaban J connectivity index is 1.92. The molecule has 1 N–H and O–H groups in total. The van der Waals surface area contributed by atoms with Crippen molar-refractivity contribution < 1.29 is 9.32 Å². The maximum Gasteiger partial charge on any atom is 0.261 e. The van der Waals surface area contributed by atoms with Gasteiger partial charge in [0.25, 0.3) is 5.91 Å². The first kappa shape index (κ1) is 16.3. The van der Waals surface area contributed by atoms with Crippen LogP contribution in [0, 0.1) is 6.92 Å². The molecule has 0 spiro atoms. The second-order valence-electron chi connectivity index (χ2n) is 4.75.